The zero-order valence-electron chi connectivity index (χ0n) is 8.37. The van der Waals surface area contributed by atoms with Crippen LogP contribution in [0, 0.1) is 6.92 Å². The number of aliphatic hydroxyl groups excluding tert-OH is 1. The fourth-order valence-corrected chi connectivity index (χ4v) is 1.37. The molecule has 1 aromatic carbocycles. The first kappa shape index (κ1) is 10.1. The molecule has 1 N–H and O–H groups in total. The van der Waals surface area contributed by atoms with Crippen LogP contribution >= 0.6 is 0 Å². The Balaban J connectivity index is 2.92. The first-order chi connectivity index (χ1) is 6.15. The van der Waals surface area contributed by atoms with E-state index in [9.17, 15) is 5.11 Å². The van der Waals surface area contributed by atoms with Crippen molar-refractivity contribution >= 4 is 0 Å². The van der Waals surface area contributed by atoms with Crippen molar-refractivity contribution in [2.45, 2.75) is 26.9 Å². The van der Waals surface area contributed by atoms with Crippen molar-refractivity contribution in [3.05, 3.63) is 29.3 Å². The molecule has 0 radical (unpaired) electrons. The second kappa shape index (κ2) is 4.28. The fraction of sp³-hybridized carbons (Fsp3) is 0.455. The molecule has 0 saturated heterocycles. The van der Waals surface area contributed by atoms with Crippen molar-refractivity contribution in [2.75, 3.05) is 6.61 Å². The van der Waals surface area contributed by atoms with Gasteiger partial charge in [0.2, 0.25) is 0 Å². The summed E-state index contributed by atoms with van der Waals surface area (Å²) in [6.45, 7) is 6.37. The first-order valence-corrected chi connectivity index (χ1v) is 4.56. The number of benzene rings is 1. The van der Waals surface area contributed by atoms with Gasteiger partial charge >= 0.3 is 0 Å². The minimum atomic E-state index is -0.407. The zero-order chi connectivity index (χ0) is 9.84. The van der Waals surface area contributed by atoms with Crippen LogP contribution in [0.4, 0.5) is 0 Å². The van der Waals surface area contributed by atoms with Crippen molar-refractivity contribution in [1.29, 1.82) is 0 Å². The molecule has 13 heavy (non-hydrogen) atoms. The van der Waals surface area contributed by atoms with E-state index in [1.165, 1.54) is 0 Å². The van der Waals surface area contributed by atoms with Gasteiger partial charge in [-0.25, -0.2) is 0 Å². The lowest BCUT2D eigenvalue weighted by Crippen LogP contribution is -1.97. The third kappa shape index (κ3) is 2.46. The van der Waals surface area contributed by atoms with Crippen LogP contribution in [0.25, 0.3) is 0 Å². The van der Waals surface area contributed by atoms with Crippen molar-refractivity contribution in [2.24, 2.45) is 0 Å². The Labute approximate surface area is 79.2 Å². The van der Waals surface area contributed by atoms with Crippen molar-refractivity contribution in [3.63, 3.8) is 0 Å². The minimum absolute atomic E-state index is 0.407. The molecule has 0 fully saturated rings. The van der Waals surface area contributed by atoms with Crippen LogP contribution in [-0.2, 0) is 0 Å². The maximum Gasteiger partial charge on any atom is 0.119 e. The fourth-order valence-electron chi connectivity index (χ4n) is 1.37. The van der Waals surface area contributed by atoms with Gasteiger partial charge in [-0.2, -0.15) is 0 Å². The molecule has 0 aromatic heterocycles. The summed E-state index contributed by atoms with van der Waals surface area (Å²) in [6.07, 6.45) is -0.407. The van der Waals surface area contributed by atoms with Crippen LogP contribution < -0.4 is 4.74 Å². The molecule has 0 aliphatic heterocycles. The molecular weight excluding hydrogens is 164 g/mol. The largest absolute Gasteiger partial charge is 0.494 e. The molecule has 0 spiro atoms. The maximum atomic E-state index is 9.38. The molecule has 0 bridgehead atoms. The Hall–Kier alpha value is -1.02. The second-order valence-electron chi connectivity index (χ2n) is 3.13. The molecule has 0 aliphatic carbocycles. The van der Waals surface area contributed by atoms with Crippen LogP contribution in [0.5, 0.6) is 5.75 Å². The van der Waals surface area contributed by atoms with Crippen molar-refractivity contribution < 1.29 is 9.84 Å². The van der Waals surface area contributed by atoms with E-state index in [2.05, 4.69) is 0 Å². The van der Waals surface area contributed by atoms with Crippen LogP contribution in [0.2, 0.25) is 0 Å². The predicted octanol–water partition coefficient (Wildman–Crippen LogP) is 2.45. The minimum Gasteiger partial charge on any atom is -0.494 e. The first-order valence-electron chi connectivity index (χ1n) is 4.56. The lowest BCUT2D eigenvalue weighted by molar-refractivity contribution is 0.198. The van der Waals surface area contributed by atoms with Crippen molar-refractivity contribution in [3.8, 4) is 5.75 Å². The highest BCUT2D eigenvalue weighted by Crippen LogP contribution is 2.22. The number of aliphatic hydroxyl groups is 1. The highest BCUT2D eigenvalue weighted by molar-refractivity contribution is 5.35. The van der Waals surface area contributed by atoms with Crippen LogP contribution in [0.3, 0.4) is 0 Å². The average Bonchev–Trinajstić information content (AvgIpc) is 2.04. The van der Waals surface area contributed by atoms with Gasteiger partial charge in [-0.05, 0) is 44.0 Å². The normalized spacial score (nSPS) is 12.6. The average molecular weight is 180 g/mol. The summed E-state index contributed by atoms with van der Waals surface area (Å²) in [6, 6.07) is 5.75. The SMILES string of the molecule is CCOc1ccc(C(C)O)c(C)c1. The Morgan fingerprint density at radius 1 is 1.46 bits per heavy atom. The van der Waals surface area contributed by atoms with E-state index < -0.39 is 6.10 Å². The van der Waals surface area contributed by atoms with Gasteiger partial charge < -0.3 is 9.84 Å². The Morgan fingerprint density at radius 3 is 2.62 bits per heavy atom. The van der Waals surface area contributed by atoms with E-state index in [0.29, 0.717) is 6.61 Å². The monoisotopic (exact) mass is 180 g/mol. The summed E-state index contributed by atoms with van der Waals surface area (Å²) in [4.78, 5) is 0. The van der Waals surface area contributed by atoms with Gasteiger partial charge in [0, 0.05) is 0 Å². The molecule has 2 heteroatoms. The van der Waals surface area contributed by atoms with E-state index in [4.69, 9.17) is 4.74 Å². The number of hydrogen-bond donors (Lipinski definition) is 1. The standard InChI is InChI=1S/C11H16O2/c1-4-13-10-5-6-11(9(3)12)8(2)7-10/h5-7,9,12H,4H2,1-3H3. The van der Waals surface area contributed by atoms with Gasteiger partial charge in [0.25, 0.3) is 0 Å². The van der Waals surface area contributed by atoms with E-state index in [0.717, 1.165) is 16.9 Å². The summed E-state index contributed by atoms with van der Waals surface area (Å²) >= 11 is 0. The molecule has 0 saturated carbocycles. The number of ether oxygens (including phenoxy) is 1. The molecule has 72 valence electrons. The molecule has 1 aromatic rings. The van der Waals surface area contributed by atoms with E-state index in [1.807, 2.05) is 32.0 Å². The zero-order valence-corrected chi connectivity index (χ0v) is 8.37. The van der Waals surface area contributed by atoms with Gasteiger partial charge in [-0.15, -0.1) is 0 Å². The third-order valence-electron chi connectivity index (χ3n) is 2.00. The highest BCUT2D eigenvalue weighted by atomic mass is 16.5. The van der Waals surface area contributed by atoms with Crippen molar-refractivity contribution in [1.82, 2.24) is 0 Å². The van der Waals surface area contributed by atoms with E-state index in [1.54, 1.807) is 6.92 Å². The summed E-state index contributed by atoms with van der Waals surface area (Å²) in [5.41, 5.74) is 2.03. The molecule has 2 nitrogen and oxygen atoms in total. The third-order valence-corrected chi connectivity index (χ3v) is 2.00. The molecule has 1 rings (SSSR count). The lowest BCUT2D eigenvalue weighted by Gasteiger charge is -2.10. The molecule has 0 amide bonds. The molecule has 1 unspecified atom stereocenters. The van der Waals surface area contributed by atoms with Gasteiger partial charge in [-0.3, -0.25) is 0 Å². The van der Waals surface area contributed by atoms with Gasteiger partial charge in [0.05, 0.1) is 12.7 Å². The summed E-state index contributed by atoms with van der Waals surface area (Å²) < 4.78 is 5.34. The summed E-state index contributed by atoms with van der Waals surface area (Å²) in [5.74, 6) is 0.865. The number of aryl methyl sites for hydroxylation is 1. The number of hydrogen-bond acceptors (Lipinski definition) is 2. The van der Waals surface area contributed by atoms with Gasteiger partial charge in [-0.1, -0.05) is 6.07 Å². The lowest BCUT2D eigenvalue weighted by atomic mass is 10.0. The van der Waals surface area contributed by atoms with E-state index >= 15 is 0 Å². The van der Waals surface area contributed by atoms with Crippen LogP contribution in [0.1, 0.15) is 31.1 Å². The second-order valence-corrected chi connectivity index (χ2v) is 3.13. The quantitative estimate of drug-likeness (QED) is 0.774. The van der Waals surface area contributed by atoms with Gasteiger partial charge in [0.1, 0.15) is 5.75 Å². The molecule has 0 heterocycles. The molecule has 1 atom stereocenters. The molecule has 0 aliphatic rings. The summed E-state index contributed by atoms with van der Waals surface area (Å²) in [5, 5.41) is 9.38. The highest BCUT2D eigenvalue weighted by Gasteiger charge is 2.05. The van der Waals surface area contributed by atoms with Crippen LogP contribution in [0.15, 0.2) is 18.2 Å². The Kier molecular flexibility index (Phi) is 3.32. The Morgan fingerprint density at radius 2 is 2.15 bits per heavy atom. The van der Waals surface area contributed by atoms with E-state index in [-0.39, 0.29) is 0 Å². The molecular formula is C11H16O2. The summed E-state index contributed by atoms with van der Waals surface area (Å²) in [7, 11) is 0. The van der Waals surface area contributed by atoms with Gasteiger partial charge in [0.15, 0.2) is 0 Å². The smallest absolute Gasteiger partial charge is 0.119 e. The topological polar surface area (TPSA) is 29.5 Å². The number of rotatable bonds is 3. The maximum absolute atomic E-state index is 9.38. The predicted molar refractivity (Wildman–Crippen MR) is 53.0 cm³/mol. The Bertz CT molecular complexity index is 279. The van der Waals surface area contributed by atoms with Crippen LogP contribution in [-0.4, -0.2) is 11.7 Å².